The molecule has 1 N–H and O–H groups in total. The van der Waals surface area contributed by atoms with Crippen molar-refractivity contribution in [2.45, 2.75) is 6.92 Å². The second kappa shape index (κ2) is 5.62. The lowest BCUT2D eigenvalue weighted by molar-refractivity contribution is 0.102. The number of furan rings is 1. The summed E-state index contributed by atoms with van der Waals surface area (Å²) in [5.74, 6) is 0.261. The Labute approximate surface area is 136 Å². The molecule has 0 radical (unpaired) electrons. The highest BCUT2D eigenvalue weighted by Crippen LogP contribution is 2.27. The molecular weight excluding hydrogens is 308 g/mol. The van der Waals surface area contributed by atoms with E-state index < -0.39 is 0 Å². The number of fused-ring (bicyclic) bond motifs is 1. The van der Waals surface area contributed by atoms with Crippen LogP contribution in [-0.4, -0.2) is 21.0 Å². The van der Waals surface area contributed by atoms with Gasteiger partial charge in [-0.1, -0.05) is 5.16 Å². The van der Waals surface area contributed by atoms with Crippen LogP contribution < -0.4 is 5.32 Å². The van der Waals surface area contributed by atoms with Crippen LogP contribution in [0.4, 0.5) is 5.69 Å². The second-order valence-corrected chi connectivity index (χ2v) is 5.17. The summed E-state index contributed by atoms with van der Waals surface area (Å²) in [4.78, 5) is 21.0. The Bertz CT molecular complexity index is 1010. The first kappa shape index (κ1) is 14.1. The molecule has 0 aliphatic carbocycles. The van der Waals surface area contributed by atoms with Crippen molar-refractivity contribution in [3.63, 3.8) is 0 Å². The minimum Gasteiger partial charge on any atom is -0.463 e. The summed E-state index contributed by atoms with van der Waals surface area (Å²) >= 11 is 0. The third-order valence-electron chi connectivity index (χ3n) is 3.57. The van der Waals surface area contributed by atoms with Gasteiger partial charge in [-0.15, -0.1) is 0 Å². The number of hydrogen-bond acceptors (Lipinski definition) is 6. The van der Waals surface area contributed by atoms with Crippen LogP contribution in [-0.2, 0) is 0 Å². The minimum atomic E-state index is -0.285. The van der Waals surface area contributed by atoms with Crippen LogP contribution in [0.2, 0.25) is 0 Å². The molecule has 1 amide bonds. The van der Waals surface area contributed by atoms with E-state index in [4.69, 9.17) is 8.94 Å². The van der Waals surface area contributed by atoms with E-state index in [0.717, 1.165) is 0 Å². The Kier molecular flexibility index (Phi) is 3.31. The van der Waals surface area contributed by atoms with Gasteiger partial charge in [-0.2, -0.15) is 0 Å². The zero-order chi connectivity index (χ0) is 16.5. The van der Waals surface area contributed by atoms with E-state index >= 15 is 0 Å². The predicted octanol–water partition coefficient (Wildman–Crippen LogP) is 3.44. The highest BCUT2D eigenvalue weighted by molar-refractivity contribution is 6.12. The Balaban J connectivity index is 1.83. The standard InChI is InChI=1S/C17H12N4O3/c1-10-15-12(16(22)19-11-4-6-18-7-5-11)9-13(14-3-2-8-23-14)20-17(15)24-21-10/h2-9H,1H3,(H,18,19,22). The summed E-state index contributed by atoms with van der Waals surface area (Å²) in [7, 11) is 0. The first-order valence-corrected chi connectivity index (χ1v) is 7.24. The van der Waals surface area contributed by atoms with Crippen LogP contribution in [0.3, 0.4) is 0 Å². The van der Waals surface area contributed by atoms with Gasteiger partial charge in [0.1, 0.15) is 5.69 Å². The lowest BCUT2D eigenvalue weighted by atomic mass is 10.1. The largest absolute Gasteiger partial charge is 0.463 e. The Morgan fingerprint density at radius 3 is 2.79 bits per heavy atom. The number of nitrogens with zero attached hydrogens (tertiary/aromatic N) is 3. The van der Waals surface area contributed by atoms with Crippen LogP contribution in [0.1, 0.15) is 16.1 Å². The molecule has 0 bridgehead atoms. The van der Waals surface area contributed by atoms with Crippen molar-refractivity contribution in [2.24, 2.45) is 0 Å². The molecule has 0 saturated heterocycles. The number of aromatic nitrogens is 3. The average Bonchev–Trinajstić information content (AvgIpc) is 3.25. The number of hydrogen-bond donors (Lipinski definition) is 1. The van der Waals surface area contributed by atoms with E-state index in [1.807, 2.05) is 0 Å². The molecule has 7 nitrogen and oxygen atoms in total. The molecule has 0 aliphatic heterocycles. The Morgan fingerprint density at radius 2 is 2.04 bits per heavy atom. The van der Waals surface area contributed by atoms with E-state index in [1.165, 1.54) is 0 Å². The maximum Gasteiger partial charge on any atom is 0.259 e. The zero-order valence-electron chi connectivity index (χ0n) is 12.7. The average molecular weight is 320 g/mol. The summed E-state index contributed by atoms with van der Waals surface area (Å²) in [6.45, 7) is 1.77. The van der Waals surface area contributed by atoms with Gasteiger partial charge in [0.05, 0.1) is 22.9 Å². The number of carbonyl (C=O) groups excluding carboxylic acids is 1. The quantitative estimate of drug-likeness (QED) is 0.621. The van der Waals surface area contributed by atoms with Gasteiger partial charge in [-0.05, 0) is 37.3 Å². The molecule has 4 heterocycles. The summed E-state index contributed by atoms with van der Waals surface area (Å²) in [5, 5.41) is 7.32. The topological polar surface area (TPSA) is 94.0 Å². The van der Waals surface area contributed by atoms with Crippen molar-refractivity contribution in [1.82, 2.24) is 15.1 Å². The van der Waals surface area contributed by atoms with Crippen molar-refractivity contribution in [2.75, 3.05) is 5.32 Å². The molecule has 4 aromatic rings. The maximum absolute atomic E-state index is 12.7. The minimum absolute atomic E-state index is 0.285. The molecule has 0 unspecified atom stereocenters. The zero-order valence-corrected chi connectivity index (χ0v) is 12.7. The summed E-state index contributed by atoms with van der Waals surface area (Å²) in [5.41, 5.74) is 2.46. The van der Waals surface area contributed by atoms with E-state index in [2.05, 4.69) is 20.4 Å². The lowest BCUT2D eigenvalue weighted by Crippen LogP contribution is -2.13. The van der Waals surface area contributed by atoms with Crippen LogP contribution >= 0.6 is 0 Å². The van der Waals surface area contributed by atoms with E-state index in [-0.39, 0.29) is 5.91 Å². The number of nitrogens with one attached hydrogen (secondary N) is 1. The van der Waals surface area contributed by atoms with E-state index in [1.54, 1.807) is 55.9 Å². The number of carbonyl (C=O) groups is 1. The molecule has 0 saturated carbocycles. The van der Waals surface area contributed by atoms with Gasteiger partial charge < -0.3 is 14.3 Å². The number of aryl methyl sites for hydroxylation is 1. The normalized spacial score (nSPS) is 10.9. The summed E-state index contributed by atoms with van der Waals surface area (Å²) in [6.07, 6.45) is 4.76. The third-order valence-corrected chi connectivity index (χ3v) is 3.57. The third kappa shape index (κ3) is 2.41. The number of rotatable bonds is 3. The summed E-state index contributed by atoms with van der Waals surface area (Å²) in [6, 6.07) is 8.61. The fourth-order valence-electron chi connectivity index (χ4n) is 2.46. The molecule has 0 aliphatic rings. The highest BCUT2D eigenvalue weighted by atomic mass is 16.5. The molecule has 0 aromatic carbocycles. The van der Waals surface area contributed by atoms with Crippen LogP contribution in [0.25, 0.3) is 22.6 Å². The van der Waals surface area contributed by atoms with Crippen LogP contribution in [0.15, 0.2) is 57.9 Å². The first-order chi connectivity index (χ1) is 11.7. The van der Waals surface area contributed by atoms with Gasteiger partial charge in [0, 0.05) is 18.1 Å². The van der Waals surface area contributed by atoms with Crippen molar-refractivity contribution in [1.29, 1.82) is 0 Å². The number of amides is 1. The fourth-order valence-corrected chi connectivity index (χ4v) is 2.46. The molecule has 118 valence electrons. The fraction of sp³-hybridized carbons (Fsp3) is 0.0588. The van der Waals surface area contributed by atoms with Gasteiger partial charge in [0.25, 0.3) is 11.6 Å². The van der Waals surface area contributed by atoms with Gasteiger partial charge in [-0.3, -0.25) is 9.78 Å². The van der Waals surface area contributed by atoms with Gasteiger partial charge in [0.15, 0.2) is 5.76 Å². The lowest BCUT2D eigenvalue weighted by Gasteiger charge is -2.07. The maximum atomic E-state index is 12.7. The van der Waals surface area contributed by atoms with E-state index in [9.17, 15) is 4.79 Å². The van der Waals surface area contributed by atoms with Crippen LogP contribution in [0.5, 0.6) is 0 Å². The van der Waals surface area contributed by atoms with Crippen molar-refractivity contribution < 1.29 is 13.7 Å². The second-order valence-electron chi connectivity index (χ2n) is 5.17. The molecule has 0 fully saturated rings. The SMILES string of the molecule is Cc1noc2nc(-c3ccco3)cc(C(=O)Nc3ccncc3)c12. The predicted molar refractivity (Wildman–Crippen MR) is 86.4 cm³/mol. The van der Waals surface area contributed by atoms with Gasteiger partial charge >= 0.3 is 0 Å². The van der Waals surface area contributed by atoms with Crippen LogP contribution in [0, 0.1) is 6.92 Å². The highest BCUT2D eigenvalue weighted by Gasteiger charge is 2.20. The monoisotopic (exact) mass is 320 g/mol. The molecule has 4 rings (SSSR count). The number of anilines is 1. The smallest absolute Gasteiger partial charge is 0.259 e. The van der Waals surface area contributed by atoms with Gasteiger partial charge in [0.2, 0.25) is 0 Å². The molecule has 7 heteroatoms. The molecular formula is C17H12N4O3. The molecule has 24 heavy (non-hydrogen) atoms. The van der Waals surface area contributed by atoms with Gasteiger partial charge in [-0.25, -0.2) is 4.98 Å². The Hall–Kier alpha value is -3.48. The Morgan fingerprint density at radius 1 is 1.21 bits per heavy atom. The molecule has 0 spiro atoms. The van der Waals surface area contributed by atoms with Crippen molar-refractivity contribution in [3.8, 4) is 11.5 Å². The van der Waals surface area contributed by atoms with Crippen molar-refractivity contribution >= 4 is 22.7 Å². The van der Waals surface area contributed by atoms with E-state index in [0.29, 0.717) is 39.5 Å². The first-order valence-electron chi connectivity index (χ1n) is 7.24. The number of pyridine rings is 2. The molecule has 0 atom stereocenters. The van der Waals surface area contributed by atoms with Crippen molar-refractivity contribution in [3.05, 3.63) is 60.2 Å². The summed E-state index contributed by atoms with van der Waals surface area (Å²) < 4.78 is 10.6. The molecule has 4 aromatic heterocycles.